The van der Waals surface area contributed by atoms with Gasteiger partial charge in [0.05, 0.1) is 0 Å². The molecule has 6 aromatic rings. The minimum absolute atomic E-state index is 0.140. The summed E-state index contributed by atoms with van der Waals surface area (Å²) in [6, 6.07) is 45.8. The summed E-state index contributed by atoms with van der Waals surface area (Å²) in [5.74, 6) is 0. The molecule has 0 aliphatic heterocycles. The minimum atomic E-state index is -2.63. The highest BCUT2D eigenvalue weighted by Crippen LogP contribution is 2.66. The highest BCUT2D eigenvalue weighted by Gasteiger charge is 2.55. The maximum atomic E-state index is 9.71. The van der Waals surface area contributed by atoms with Gasteiger partial charge in [-0.25, -0.2) is 0 Å². The topological polar surface area (TPSA) is 27.7 Å². The molecular weight excluding hydrogens is 1410 g/mol. The van der Waals surface area contributed by atoms with Crippen LogP contribution in [0.25, 0.3) is 0 Å². The molecule has 6 rings (SSSR count). The Bertz CT molecular complexity index is 3430. The van der Waals surface area contributed by atoms with Gasteiger partial charge in [0.1, 0.15) is 16.8 Å². The zero-order chi connectivity index (χ0) is 87.2. The summed E-state index contributed by atoms with van der Waals surface area (Å²) in [6.45, 7) is 94.4. The van der Waals surface area contributed by atoms with Crippen molar-refractivity contribution in [2.24, 2.45) is 0 Å². The van der Waals surface area contributed by atoms with Crippen LogP contribution < -0.4 is 0 Å². The van der Waals surface area contributed by atoms with E-state index in [4.69, 9.17) is 0 Å². The Kier molecular flexibility index (Phi) is 32.8. The number of hydrogen-bond donors (Lipinski definition) is 0. The lowest BCUT2D eigenvalue weighted by atomic mass is 9.68. The number of rotatable bonds is 33. The number of unbranched alkanes of at least 4 members (excludes halogenated alkanes) is 15. The molecule has 4 heteroatoms. The molecule has 0 heterocycles. The molecule has 0 saturated heterocycles. The fraction of sp³-hybridized carbons (Fsp3) is 0.676. The van der Waals surface area contributed by atoms with Gasteiger partial charge >= 0.3 is 8.60 Å². The molecule has 0 aliphatic rings. The average Bonchev–Trinajstić information content (AvgIpc) is 0.720. The smallest absolute Gasteiger partial charge is 0.296 e. The quantitative estimate of drug-likeness (QED) is 0.0304. The molecule has 0 radical (unpaired) electrons. The third-order valence-electron chi connectivity index (χ3n) is 25.1. The predicted molar refractivity (Wildman–Crippen MR) is 510 cm³/mol. The fourth-order valence-electron chi connectivity index (χ4n) is 17.5. The molecule has 0 spiro atoms. The summed E-state index contributed by atoms with van der Waals surface area (Å²) >= 11 is 0. The normalized spacial score (nSPS) is 14.1. The van der Waals surface area contributed by atoms with E-state index in [2.05, 4.69) is 379 Å². The van der Waals surface area contributed by atoms with E-state index in [1.54, 1.807) is 0 Å². The van der Waals surface area contributed by atoms with Gasteiger partial charge in [-0.3, -0.25) is 13.6 Å². The summed E-state index contributed by atoms with van der Waals surface area (Å²) in [6.07, 6.45) is 22.4. The molecule has 0 atom stereocenters. The van der Waals surface area contributed by atoms with Gasteiger partial charge in [-0.2, -0.15) is 0 Å². The summed E-state index contributed by atoms with van der Waals surface area (Å²) in [4.78, 5) is 0. The van der Waals surface area contributed by atoms with Crippen molar-refractivity contribution in [2.75, 3.05) is 0 Å². The van der Waals surface area contributed by atoms with Crippen LogP contribution in [-0.2, 0) is 95.4 Å². The summed E-state index contributed by atoms with van der Waals surface area (Å²) < 4.78 is 29.1. The number of benzene rings is 6. The molecule has 0 amide bonds. The molecular formula is C111H177O3P. The van der Waals surface area contributed by atoms with Crippen molar-refractivity contribution < 1.29 is 13.6 Å². The second-order valence-electron chi connectivity index (χ2n) is 48.1. The van der Waals surface area contributed by atoms with E-state index in [9.17, 15) is 13.6 Å². The summed E-state index contributed by atoms with van der Waals surface area (Å²) in [5.41, 5.74) is 16.6. The predicted octanol–water partition coefficient (Wildman–Crippen LogP) is 34.9. The first-order valence-electron chi connectivity index (χ1n) is 46.3. The zero-order valence-electron chi connectivity index (χ0n) is 82.4. The van der Waals surface area contributed by atoms with Crippen molar-refractivity contribution in [1.29, 1.82) is 0 Å². The summed E-state index contributed by atoms with van der Waals surface area (Å²) in [7, 11) is -2.63. The molecule has 0 fully saturated rings. The molecule has 0 saturated carbocycles. The van der Waals surface area contributed by atoms with Crippen molar-refractivity contribution in [3.63, 3.8) is 0 Å². The van der Waals surface area contributed by atoms with Crippen LogP contribution in [0.2, 0.25) is 0 Å². The Morgan fingerprint density at radius 2 is 0.313 bits per heavy atom. The van der Waals surface area contributed by atoms with Crippen LogP contribution >= 0.6 is 8.60 Å². The monoisotopic (exact) mass is 1590 g/mol. The van der Waals surface area contributed by atoms with Gasteiger partial charge in [0.25, 0.3) is 0 Å². The Balaban J connectivity index is 2.22. The van der Waals surface area contributed by atoms with Gasteiger partial charge in [0.2, 0.25) is 0 Å². The van der Waals surface area contributed by atoms with E-state index in [0.29, 0.717) is 19.3 Å². The number of hydrogen-bond acceptors (Lipinski definition) is 3. The van der Waals surface area contributed by atoms with E-state index in [-0.39, 0.29) is 65.0 Å². The van der Waals surface area contributed by atoms with Gasteiger partial charge in [0, 0.05) is 0 Å². The molecule has 6 aromatic carbocycles. The second kappa shape index (κ2) is 38.0. The van der Waals surface area contributed by atoms with Crippen molar-refractivity contribution in [1.82, 2.24) is 0 Å². The standard InChI is InChI=1S/C111H177O3P/c1-40-43-46-49-52-55-70-109(85-64-58-79(97(4,5)6)73-91(85)103(22,23)24,86-65-59-80(98(7,8)9)74-92(86)104(25,26)27)112-115(113-110(71-56-53-50-47-44-41-2,87-66-60-81(99(10,11)12)75-93(87)105(28,29)30)88-67-61-82(100(13,14)15)76-94(88)106(31,32)33)114-111(72-57-54-51-48-45-42-3,89-68-62-83(101(16,17)18)77-95(89)107(34,35)36)90-69-63-84(102(19,20)21)78-96(90)108(37,38)39/h58-69,73-78H,40-57,70-72H2,1-39H3. The SMILES string of the molecule is CCCCCCCCC(OP(OC(CCCCCCCC)(c1ccc(C(C)(C)C)cc1C(C)(C)C)c1ccc(C(C)(C)C)cc1C(C)(C)C)OC(CCCCCCCC)(c1ccc(C(C)(C)C)cc1C(C)(C)C)c1ccc(C(C)(C)C)cc1C(C)(C)C)(c1ccc(C(C)(C)C)cc1C(C)(C)C)c1ccc(C(C)(C)C)cc1C(C)(C)C. The highest BCUT2D eigenvalue weighted by atomic mass is 31.2. The van der Waals surface area contributed by atoms with Crippen LogP contribution in [0, 0.1) is 0 Å². The van der Waals surface area contributed by atoms with Crippen molar-refractivity contribution in [3.8, 4) is 0 Å². The highest BCUT2D eigenvalue weighted by molar-refractivity contribution is 7.41. The fourth-order valence-corrected chi connectivity index (χ4v) is 19.2. The van der Waals surface area contributed by atoms with Crippen LogP contribution in [0.1, 0.15) is 505 Å². The van der Waals surface area contributed by atoms with Crippen molar-refractivity contribution in [3.05, 3.63) is 209 Å². The lowest BCUT2D eigenvalue weighted by molar-refractivity contribution is -0.0278. The van der Waals surface area contributed by atoms with Crippen LogP contribution in [0.5, 0.6) is 0 Å². The second-order valence-corrected chi connectivity index (χ2v) is 49.1. The average molecular weight is 1590 g/mol. The molecule has 644 valence electrons. The van der Waals surface area contributed by atoms with Gasteiger partial charge in [-0.05, 0) is 204 Å². The van der Waals surface area contributed by atoms with E-state index < -0.39 is 25.4 Å². The van der Waals surface area contributed by atoms with Gasteiger partial charge in [-0.15, -0.1) is 0 Å². The first-order chi connectivity index (χ1) is 52.5. The molecule has 3 nitrogen and oxygen atoms in total. The third-order valence-corrected chi connectivity index (χ3v) is 26.5. The van der Waals surface area contributed by atoms with E-state index in [0.717, 1.165) is 57.8 Å². The molecule has 0 bridgehead atoms. The Labute approximate surface area is 713 Å². The van der Waals surface area contributed by atoms with Crippen LogP contribution in [0.3, 0.4) is 0 Å². The van der Waals surface area contributed by atoms with Gasteiger partial charge in [-0.1, -0.05) is 476 Å². The molecule has 0 aromatic heterocycles. The minimum Gasteiger partial charge on any atom is -0.296 e. The van der Waals surface area contributed by atoms with Gasteiger partial charge in [0.15, 0.2) is 0 Å². The Morgan fingerprint density at radius 1 is 0.174 bits per heavy atom. The van der Waals surface area contributed by atoms with Crippen molar-refractivity contribution >= 4 is 8.60 Å². The van der Waals surface area contributed by atoms with Crippen LogP contribution in [0.4, 0.5) is 0 Å². The molecule has 0 N–H and O–H groups in total. The first kappa shape index (κ1) is 99.4. The van der Waals surface area contributed by atoms with E-state index in [1.807, 2.05) is 0 Å². The third kappa shape index (κ3) is 25.4. The van der Waals surface area contributed by atoms with Crippen LogP contribution in [-0.4, -0.2) is 0 Å². The molecule has 0 unspecified atom stereocenters. The first-order valence-corrected chi connectivity index (χ1v) is 47.4. The largest absolute Gasteiger partial charge is 0.336 e. The van der Waals surface area contributed by atoms with Gasteiger partial charge < -0.3 is 0 Å². The maximum absolute atomic E-state index is 9.71. The molecule has 0 aliphatic carbocycles. The van der Waals surface area contributed by atoms with E-state index in [1.165, 1.54) is 158 Å². The lowest BCUT2D eigenvalue weighted by Crippen LogP contribution is -2.42. The van der Waals surface area contributed by atoms with Crippen LogP contribution in [0.15, 0.2) is 109 Å². The lowest BCUT2D eigenvalue weighted by Gasteiger charge is -2.49. The van der Waals surface area contributed by atoms with E-state index >= 15 is 0 Å². The summed E-state index contributed by atoms with van der Waals surface area (Å²) in [5, 5.41) is 0. The zero-order valence-corrected chi connectivity index (χ0v) is 83.3. The maximum Gasteiger partial charge on any atom is 0.336 e. The Morgan fingerprint density at radius 3 is 0.443 bits per heavy atom. The Hall–Kier alpha value is -4.37. The van der Waals surface area contributed by atoms with Crippen molar-refractivity contribution in [2.45, 2.75) is 487 Å². The molecule has 115 heavy (non-hydrogen) atoms.